The highest BCUT2D eigenvalue weighted by atomic mass is 16.6. The Labute approximate surface area is 248 Å². The Balaban J connectivity index is 1.29. The van der Waals surface area contributed by atoms with Crippen LogP contribution in [0.15, 0.2) is 24.3 Å². The number of carbonyl (C=O) groups is 4. The maximum absolute atomic E-state index is 14.0. The molecule has 5 aliphatic rings. The molecule has 1 heterocycles. The maximum Gasteiger partial charge on any atom is 0.415 e. The second kappa shape index (κ2) is 11.5. The first-order valence-electron chi connectivity index (χ1n) is 15.2. The van der Waals surface area contributed by atoms with E-state index in [4.69, 9.17) is 14.2 Å². The van der Waals surface area contributed by atoms with Crippen LogP contribution in [0.5, 0.6) is 5.75 Å². The minimum absolute atomic E-state index is 0.182. The average Bonchev–Trinajstić information content (AvgIpc) is 2.91. The van der Waals surface area contributed by atoms with Crippen LogP contribution in [-0.2, 0) is 30.3 Å². The van der Waals surface area contributed by atoms with Crippen LogP contribution in [0.1, 0.15) is 64.9 Å². The number of hydrogen-bond acceptors (Lipinski definition) is 8. The Bertz CT molecular complexity index is 1190. The highest BCUT2D eigenvalue weighted by Gasteiger charge is 2.63. The number of benzene rings is 1. The zero-order valence-corrected chi connectivity index (χ0v) is 25.6. The van der Waals surface area contributed by atoms with Crippen LogP contribution in [-0.4, -0.2) is 85.7 Å². The number of methoxy groups -OCH3 is 1. The lowest BCUT2D eigenvalue weighted by Gasteiger charge is -2.59. The predicted octanol–water partition coefficient (Wildman–Crippen LogP) is 3.56. The summed E-state index contributed by atoms with van der Waals surface area (Å²) in [6, 6.07) is 6.10. The molecule has 1 aliphatic heterocycles. The van der Waals surface area contributed by atoms with Crippen LogP contribution >= 0.6 is 0 Å². The molecule has 1 saturated heterocycles. The van der Waals surface area contributed by atoms with Crippen molar-refractivity contribution in [3.63, 3.8) is 0 Å². The third-order valence-electron chi connectivity index (χ3n) is 9.49. The van der Waals surface area contributed by atoms with Gasteiger partial charge in [0.2, 0.25) is 5.91 Å². The second-order valence-electron chi connectivity index (χ2n) is 14.1. The van der Waals surface area contributed by atoms with Crippen molar-refractivity contribution in [2.75, 3.05) is 40.3 Å². The molecule has 230 valence electrons. The summed E-state index contributed by atoms with van der Waals surface area (Å²) in [5.41, 5.74) is -1.24. The van der Waals surface area contributed by atoms with E-state index in [0.29, 0.717) is 37.1 Å². The number of rotatable bonds is 7. The highest BCUT2D eigenvalue weighted by molar-refractivity contribution is 5.90. The number of likely N-dealkylation sites (N-methyl/N-ethyl adjacent to an activating group) is 1. The zero-order valence-electron chi connectivity index (χ0n) is 25.6. The first kappa shape index (κ1) is 30.3. The second-order valence-corrected chi connectivity index (χ2v) is 14.1. The average molecular weight is 584 g/mol. The number of amides is 2. The summed E-state index contributed by atoms with van der Waals surface area (Å²) in [5, 5.41) is 3.05. The molecule has 4 aliphatic carbocycles. The van der Waals surface area contributed by atoms with Crippen molar-refractivity contribution in [1.29, 1.82) is 0 Å². The van der Waals surface area contributed by atoms with Crippen molar-refractivity contribution in [3.05, 3.63) is 29.8 Å². The SMILES string of the molecule is COC(=O)C12CC3CC(CC(C(=O)N[C@@H](Cc4ccc(OC(=O)N5CCN(C)CC5)cc4)C(=O)OC(C)(C)C)(C3)C1)C2. The molecule has 5 fully saturated rings. The highest BCUT2D eigenvalue weighted by Crippen LogP contribution is 2.65. The van der Waals surface area contributed by atoms with E-state index in [2.05, 4.69) is 10.2 Å². The summed E-state index contributed by atoms with van der Waals surface area (Å²) in [4.78, 5) is 56.7. The van der Waals surface area contributed by atoms with Crippen molar-refractivity contribution in [2.24, 2.45) is 22.7 Å². The predicted molar refractivity (Wildman–Crippen MR) is 155 cm³/mol. The number of ether oxygens (including phenoxy) is 3. The Kier molecular flexibility index (Phi) is 8.31. The molecule has 0 spiro atoms. The minimum Gasteiger partial charge on any atom is -0.469 e. The molecule has 1 aromatic carbocycles. The van der Waals surface area contributed by atoms with E-state index in [0.717, 1.165) is 50.8 Å². The van der Waals surface area contributed by atoms with Crippen molar-refractivity contribution in [1.82, 2.24) is 15.1 Å². The lowest BCUT2D eigenvalue weighted by atomic mass is 9.44. The quantitative estimate of drug-likeness (QED) is 0.485. The van der Waals surface area contributed by atoms with Crippen LogP contribution in [0.25, 0.3) is 0 Å². The summed E-state index contributed by atoms with van der Waals surface area (Å²) in [7, 11) is 3.45. The van der Waals surface area contributed by atoms with Crippen molar-refractivity contribution in [3.8, 4) is 5.75 Å². The number of nitrogens with one attached hydrogen (secondary N) is 1. The van der Waals surface area contributed by atoms with Gasteiger partial charge in [-0.2, -0.15) is 0 Å². The molecule has 6 rings (SSSR count). The topological polar surface area (TPSA) is 114 Å². The lowest BCUT2D eigenvalue weighted by Crippen LogP contribution is -2.61. The van der Waals surface area contributed by atoms with Crippen molar-refractivity contribution < 1.29 is 33.4 Å². The van der Waals surface area contributed by atoms with Gasteiger partial charge in [0.25, 0.3) is 0 Å². The van der Waals surface area contributed by atoms with Gasteiger partial charge >= 0.3 is 18.0 Å². The number of carbonyl (C=O) groups excluding carboxylic acids is 4. The summed E-state index contributed by atoms with van der Waals surface area (Å²) < 4.78 is 16.5. The van der Waals surface area contributed by atoms with E-state index in [-0.39, 0.29) is 24.4 Å². The molecule has 2 unspecified atom stereocenters. The normalized spacial score (nSPS) is 29.5. The molecule has 10 nitrogen and oxygen atoms in total. The molecular weight excluding hydrogens is 538 g/mol. The smallest absolute Gasteiger partial charge is 0.415 e. The number of piperazine rings is 1. The fourth-order valence-corrected chi connectivity index (χ4v) is 7.94. The van der Waals surface area contributed by atoms with E-state index in [1.807, 2.05) is 7.05 Å². The van der Waals surface area contributed by atoms with Crippen molar-refractivity contribution >= 4 is 23.9 Å². The third-order valence-corrected chi connectivity index (χ3v) is 9.49. The standard InChI is InChI=1S/C32H45N3O7/c1-30(2,3)42-26(36)25(15-21-6-8-24(9-7-21)41-29(39)35-12-10-34(4)11-13-35)33-27(37)31-16-22-14-23(17-31)19-32(18-22,20-31)28(38)40-5/h6-9,22-23,25H,10-20H2,1-5H3,(H,33,37)/t22?,23?,25-,31?,32?/m0/s1. The van der Waals surface area contributed by atoms with E-state index < -0.39 is 28.4 Å². The molecule has 4 bridgehead atoms. The summed E-state index contributed by atoms with van der Waals surface area (Å²) >= 11 is 0. The van der Waals surface area contributed by atoms with Crippen LogP contribution in [0, 0.1) is 22.7 Å². The van der Waals surface area contributed by atoms with Gasteiger partial charge in [-0.3, -0.25) is 9.59 Å². The van der Waals surface area contributed by atoms with Gasteiger partial charge in [0.05, 0.1) is 17.9 Å². The first-order valence-corrected chi connectivity index (χ1v) is 15.2. The Hall–Kier alpha value is -3.14. The first-order chi connectivity index (χ1) is 19.8. The van der Waals surface area contributed by atoms with E-state index in [1.165, 1.54) is 7.11 Å². The minimum atomic E-state index is -0.905. The van der Waals surface area contributed by atoms with Gasteiger partial charge in [-0.15, -0.1) is 0 Å². The van der Waals surface area contributed by atoms with Gasteiger partial charge in [0.1, 0.15) is 17.4 Å². The molecule has 10 heteroatoms. The van der Waals surface area contributed by atoms with Crippen molar-refractivity contribution in [2.45, 2.75) is 77.4 Å². The summed E-state index contributed by atoms with van der Waals surface area (Å²) in [5.74, 6) is 0.120. The van der Waals surface area contributed by atoms with Gasteiger partial charge < -0.3 is 29.3 Å². The number of nitrogens with zero attached hydrogens (tertiary/aromatic N) is 2. The Morgan fingerprint density at radius 2 is 1.55 bits per heavy atom. The number of esters is 2. The Morgan fingerprint density at radius 1 is 0.952 bits per heavy atom. The van der Waals surface area contributed by atoms with Crippen LogP contribution < -0.4 is 10.1 Å². The molecule has 0 radical (unpaired) electrons. The van der Waals surface area contributed by atoms with Gasteiger partial charge in [0.15, 0.2) is 0 Å². The molecule has 0 aromatic heterocycles. The zero-order chi connectivity index (χ0) is 30.3. The molecule has 4 saturated carbocycles. The fourth-order valence-electron chi connectivity index (χ4n) is 7.94. The van der Waals surface area contributed by atoms with Gasteiger partial charge in [0, 0.05) is 32.6 Å². The summed E-state index contributed by atoms with van der Waals surface area (Å²) in [6.45, 7) is 8.24. The van der Waals surface area contributed by atoms with E-state index in [1.54, 1.807) is 49.9 Å². The molecule has 3 atom stereocenters. The van der Waals surface area contributed by atoms with Crippen LogP contribution in [0.2, 0.25) is 0 Å². The maximum atomic E-state index is 14.0. The third kappa shape index (κ3) is 6.43. The van der Waals surface area contributed by atoms with E-state index in [9.17, 15) is 19.2 Å². The molecule has 42 heavy (non-hydrogen) atoms. The molecule has 2 amide bonds. The molecular formula is C32H45N3O7. The lowest BCUT2D eigenvalue weighted by molar-refractivity contribution is -0.183. The summed E-state index contributed by atoms with van der Waals surface area (Å²) in [6.07, 6.45) is 4.33. The fraction of sp³-hybridized carbons (Fsp3) is 0.688. The molecule has 1 N–H and O–H groups in total. The van der Waals surface area contributed by atoms with Crippen LogP contribution in [0.4, 0.5) is 4.79 Å². The van der Waals surface area contributed by atoms with E-state index >= 15 is 0 Å². The van der Waals surface area contributed by atoms with Gasteiger partial charge in [-0.1, -0.05) is 12.1 Å². The monoisotopic (exact) mass is 583 g/mol. The van der Waals surface area contributed by atoms with Gasteiger partial charge in [-0.05, 0) is 95.9 Å². The molecule has 1 aromatic rings. The Morgan fingerprint density at radius 3 is 2.12 bits per heavy atom. The van der Waals surface area contributed by atoms with Gasteiger partial charge in [-0.25, -0.2) is 9.59 Å². The largest absolute Gasteiger partial charge is 0.469 e. The van der Waals surface area contributed by atoms with Crippen LogP contribution in [0.3, 0.4) is 0 Å². The number of hydrogen-bond donors (Lipinski definition) is 1.